The van der Waals surface area contributed by atoms with Gasteiger partial charge in [-0.05, 0) is 41.8 Å². The highest BCUT2D eigenvalue weighted by molar-refractivity contribution is 9.09. The van der Waals surface area contributed by atoms with E-state index in [0.717, 1.165) is 11.6 Å². The van der Waals surface area contributed by atoms with E-state index < -0.39 is 11.6 Å². The third-order valence-corrected chi connectivity index (χ3v) is 4.30. The molecule has 0 saturated carbocycles. The summed E-state index contributed by atoms with van der Waals surface area (Å²) in [6, 6.07) is 9.18. The summed E-state index contributed by atoms with van der Waals surface area (Å²) in [5.41, 5.74) is 1.63. The molecule has 0 spiro atoms. The smallest absolute Gasteiger partial charge is 0.159 e. The van der Waals surface area contributed by atoms with Crippen molar-refractivity contribution in [1.82, 2.24) is 0 Å². The molecule has 0 aliphatic carbocycles. The van der Waals surface area contributed by atoms with Gasteiger partial charge in [0.05, 0.1) is 10.0 Å². The van der Waals surface area contributed by atoms with Gasteiger partial charge in [-0.2, -0.15) is 0 Å². The lowest BCUT2D eigenvalue weighted by molar-refractivity contribution is 0.507. The van der Waals surface area contributed by atoms with Crippen molar-refractivity contribution in [3.8, 4) is 0 Å². The van der Waals surface area contributed by atoms with Crippen LogP contribution in [0.25, 0.3) is 0 Å². The SMILES string of the molecule is Fc1ccc(CC(Br)c2ccc(Cl)c(Cl)c2)cc1F. The van der Waals surface area contributed by atoms with E-state index in [1.807, 2.05) is 6.07 Å². The van der Waals surface area contributed by atoms with Crippen molar-refractivity contribution in [3.63, 3.8) is 0 Å². The summed E-state index contributed by atoms with van der Waals surface area (Å²) in [4.78, 5) is -0.0490. The summed E-state index contributed by atoms with van der Waals surface area (Å²) in [6.07, 6.45) is 0.523. The van der Waals surface area contributed by atoms with Crippen LogP contribution in [0, 0.1) is 11.6 Å². The first kappa shape index (κ1) is 14.8. The molecule has 0 fully saturated rings. The van der Waals surface area contributed by atoms with Crippen LogP contribution in [0.1, 0.15) is 16.0 Å². The maximum absolute atomic E-state index is 13.1. The van der Waals surface area contributed by atoms with Crippen molar-refractivity contribution in [2.75, 3.05) is 0 Å². The van der Waals surface area contributed by atoms with E-state index >= 15 is 0 Å². The molecule has 0 aliphatic heterocycles. The number of alkyl halides is 1. The molecule has 0 N–H and O–H groups in total. The van der Waals surface area contributed by atoms with Crippen LogP contribution in [0.2, 0.25) is 10.0 Å². The molecule has 1 atom stereocenters. The van der Waals surface area contributed by atoms with E-state index in [4.69, 9.17) is 23.2 Å². The molecule has 0 radical (unpaired) electrons. The molecule has 19 heavy (non-hydrogen) atoms. The minimum absolute atomic E-state index is 0.0490. The minimum Gasteiger partial charge on any atom is -0.204 e. The molecule has 5 heteroatoms. The third-order valence-electron chi connectivity index (χ3n) is 2.70. The van der Waals surface area contributed by atoms with Crippen LogP contribution in [0.4, 0.5) is 8.78 Å². The highest BCUT2D eigenvalue weighted by Gasteiger charge is 2.12. The zero-order valence-electron chi connectivity index (χ0n) is 9.64. The van der Waals surface area contributed by atoms with E-state index in [-0.39, 0.29) is 4.83 Å². The van der Waals surface area contributed by atoms with E-state index in [2.05, 4.69) is 15.9 Å². The number of rotatable bonds is 3. The Morgan fingerprint density at radius 3 is 2.32 bits per heavy atom. The number of benzene rings is 2. The fourth-order valence-electron chi connectivity index (χ4n) is 1.70. The van der Waals surface area contributed by atoms with Crippen molar-refractivity contribution in [2.24, 2.45) is 0 Å². The second-order valence-corrected chi connectivity index (χ2v) is 6.01. The van der Waals surface area contributed by atoms with Gasteiger partial charge in [0.25, 0.3) is 0 Å². The Kier molecular flexibility index (Phi) is 4.82. The summed E-state index contributed by atoms with van der Waals surface area (Å²) in [7, 11) is 0. The summed E-state index contributed by atoms with van der Waals surface area (Å²) in [5.74, 6) is -1.68. The normalized spacial score (nSPS) is 12.5. The number of hydrogen-bond donors (Lipinski definition) is 0. The summed E-state index contributed by atoms with van der Waals surface area (Å²) >= 11 is 15.3. The highest BCUT2D eigenvalue weighted by Crippen LogP contribution is 2.32. The van der Waals surface area contributed by atoms with Gasteiger partial charge in [-0.3, -0.25) is 0 Å². The van der Waals surface area contributed by atoms with E-state index in [1.165, 1.54) is 6.07 Å². The van der Waals surface area contributed by atoms with Gasteiger partial charge < -0.3 is 0 Å². The second kappa shape index (κ2) is 6.21. The topological polar surface area (TPSA) is 0 Å². The van der Waals surface area contributed by atoms with Gasteiger partial charge in [-0.15, -0.1) is 0 Å². The van der Waals surface area contributed by atoms with Gasteiger partial charge in [0.15, 0.2) is 11.6 Å². The Morgan fingerprint density at radius 1 is 0.947 bits per heavy atom. The lowest BCUT2D eigenvalue weighted by Crippen LogP contribution is -1.97. The zero-order chi connectivity index (χ0) is 14.0. The van der Waals surface area contributed by atoms with Gasteiger partial charge in [-0.1, -0.05) is 51.3 Å². The van der Waals surface area contributed by atoms with Crippen LogP contribution in [0.15, 0.2) is 36.4 Å². The summed E-state index contributed by atoms with van der Waals surface area (Å²) in [5, 5.41) is 0.951. The predicted octanol–water partition coefficient (Wildman–Crippen LogP) is 5.95. The Balaban J connectivity index is 2.17. The average Bonchev–Trinajstić information content (AvgIpc) is 2.37. The van der Waals surface area contributed by atoms with Crippen LogP contribution in [-0.2, 0) is 6.42 Å². The first-order valence-electron chi connectivity index (χ1n) is 5.50. The molecule has 100 valence electrons. The lowest BCUT2D eigenvalue weighted by Gasteiger charge is -2.11. The number of halogens is 5. The molecule has 0 amide bonds. The highest BCUT2D eigenvalue weighted by atomic mass is 79.9. The van der Waals surface area contributed by atoms with Gasteiger partial charge in [0, 0.05) is 4.83 Å². The van der Waals surface area contributed by atoms with Crippen molar-refractivity contribution in [1.29, 1.82) is 0 Å². The van der Waals surface area contributed by atoms with Crippen molar-refractivity contribution < 1.29 is 8.78 Å². The maximum Gasteiger partial charge on any atom is 0.159 e. The van der Waals surface area contributed by atoms with Gasteiger partial charge >= 0.3 is 0 Å². The van der Waals surface area contributed by atoms with Gasteiger partial charge in [-0.25, -0.2) is 8.78 Å². The van der Waals surface area contributed by atoms with E-state index in [1.54, 1.807) is 18.2 Å². The average molecular weight is 366 g/mol. The molecule has 2 aromatic rings. The third kappa shape index (κ3) is 3.68. The Morgan fingerprint density at radius 2 is 1.68 bits per heavy atom. The molecule has 0 aliphatic rings. The molecule has 0 heterocycles. The summed E-state index contributed by atoms with van der Waals surface area (Å²) < 4.78 is 26.0. The molecule has 1 unspecified atom stereocenters. The number of hydrogen-bond acceptors (Lipinski definition) is 0. The maximum atomic E-state index is 13.1. The molecule has 0 aromatic heterocycles. The van der Waals surface area contributed by atoms with Crippen molar-refractivity contribution in [3.05, 3.63) is 69.2 Å². The standard InChI is InChI=1S/C14H9BrCl2F2/c15-10(9-2-3-11(16)12(17)7-9)5-8-1-4-13(18)14(19)6-8/h1-4,6-7,10H,5H2. The van der Waals surface area contributed by atoms with Crippen molar-refractivity contribution >= 4 is 39.1 Å². The van der Waals surface area contributed by atoms with Crippen molar-refractivity contribution in [2.45, 2.75) is 11.2 Å². The van der Waals surface area contributed by atoms with Gasteiger partial charge in [0.1, 0.15) is 0 Å². The molecule has 0 saturated heterocycles. The van der Waals surface area contributed by atoms with Crippen LogP contribution in [0.5, 0.6) is 0 Å². The van der Waals surface area contributed by atoms with Crippen LogP contribution >= 0.6 is 39.1 Å². The zero-order valence-corrected chi connectivity index (χ0v) is 12.7. The van der Waals surface area contributed by atoms with Gasteiger partial charge in [0.2, 0.25) is 0 Å². The van der Waals surface area contributed by atoms with Crippen LogP contribution in [-0.4, -0.2) is 0 Å². The molecule has 0 bridgehead atoms. The van der Waals surface area contributed by atoms with E-state index in [0.29, 0.717) is 22.0 Å². The summed E-state index contributed by atoms with van der Waals surface area (Å²) in [6.45, 7) is 0. The monoisotopic (exact) mass is 364 g/mol. The first-order chi connectivity index (χ1) is 8.97. The molecular weight excluding hydrogens is 357 g/mol. The molecule has 2 rings (SSSR count). The Labute approximate surface area is 128 Å². The fraction of sp³-hybridized carbons (Fsp3) is 0.143. The van der Waals surface area contributed by atoms with E-state index in [9.17, 15) is 8.78 Å². The fourth-order valence-corrected chi connectivity index (χ4v) is 2.66. The lowest BCUT2D eigenvalue weighted by atomic mass is 10.0. The first-order valence-corrected chi connectivity index (χ1v) is 7.17. The Bertz CT molecular complexity index is 602. The molecular formula is C14H9BrCl2F2. The molecule has 2 aromatic carbocycles. The molecule has 0 nitrogen and oxygen atoms in total. The van der Waals surface area contributed by atoms with Crippen LogP contribution in [0.3, 0.4) is 0 Å². The second-order valence-electron chi connectivity index (χ2n) is 4.09. The van der Waals surface area contributed by atoms with Crippen LogP contribution < -0.4 is 0 Å². The predicted molar refractivity (Wildman–Crippen MR) is 78.2 cm³/mol. The largest absolute Gasteiger partial charge is 0.204 e. The quantitative estimate of drug-likeness (QED) is 0.589. The Hall–Kier alpha value is -0.640. The minimum atomic E-state index is -0.843.